The summed E-state index contributed by atoms with van der Waals surface area (Å²) in [7, 11) is 1.75. The number of carbonyl (C=O) groups is 12. The number of fused-ring (bicyclic) bond motifs is 12. The number of nitrogens with zero attached hydrogens (tertiary/aromatic N) is 7. The lowest BCUT2D eigenvalue weighted by Crippen LogP contribution is -2.63. The average Bonchev–Trinajstić information content (AvgIpc) is 1.32. The molecule has 14 rings (SSSR count). The number of halogens is 1. The third kappa shape index (κ3) is 24.7. The van der Waals surface area contributed by atoms with E-state index in [1.54, 1.807) is 80.3 Å². The van der Waals surface area contributed by atoms with Gasteiger partial charge in [0.2, 0.25) is 41.4 Å². The van der Waals surface area contributed by atoms with Crippen molar-refractivity contribution in [3.8, 4) is 0 Å². The molecule has 8 aliphatic rings. The molecule has 10 heterocycles. The highest BCUT2D eigenvalue weighted by Crippen LogP contribution is 2.45. The van der Waals surface area contributed by atoms with Gasteiger partial charge in [-0.1, -0.05) is 140 Å². The molecule has 0 radical (unpaired) electrons. The summed E-state index contributed by atoms with van der Waals surface area (Å²) < 4.78 is 37.9. The van der Waals surface area contributed by atoms with Gasteiger partial charge in [-0.05, 0) is 204 Å². The SMILES string of the molecule is CC(C)[C@@H]1NC(=O)C(C)(C)/C=C/c2ccc3ccc(nc3c2)[C@@H](C)N(C)C(=O)[C@@H]2CCCN(N2)C(=O)[C@H](C)NC1=O.CC(C)[C@@H]1NC(=O)C(C)(C)/C=C/c2ccc3ccc(nc3c2)[C@@H](C)OC(=O)[C@@H]2CCCN(N2)C(=O)[C@H](COCC2(C)COC2)NC1=O.CC(C)[C@@H]1NC(=O)C2(/C=C/c3ccc4ccc(nc4c3)[C@@H](C)OC(=O)[C@@H]3CCCN(N3)C(=O)[C@H](C)NC1=O)CCC(C)(F)CC2. The van der Waals surface area contributed by atoms with Gasteiger partial charge in [0, 0.05) is 48.3 Å². The molecular formula is C100H133FN16O16. The number of hydrazine groups is 3. The van der Waals surface area contributed by atoms with Crippen molar-refractivity contribution in [2.75, 3.05) is 53.1 Å². The maximum absolute atomic E-state index is 15.0. The highest BCUT2D eigenvalue weighted by atomic mass is 19.1. The van der Waals surface area contributed by atoms with Crippen molar-refractivity contribution in [3.63, 3.8) is 0 Å². The number of esters is 2. The lowest BCUT2D eigenvalue weighted by atomic mass is 9.68. The summed E-state index contributed by atoms with van der Waals surface area (Å²) in [5.74, 6) is -5.54. The summed E-state index contributed by atoms with van der Waals surface area (Å²) >= 11 is 0. The number of rotatable bonds is 7. The van der Waals surface area contributed by atoms with E-state index in [-0.39, 0.29) is 91.0 Å². The zero-order chi connectivity index (χ0) is 96.5. The molecule has 4 saturated heterocycles. The first-order chi connectivity index (χ1) is 62.8. The van der Waals surface area contributed by atoms with Gasteiger partial charge in [-0.25, -0.2) is 30.6 Å². The van der Waals surface area contributed by atoms with Crippen molar-refractivity contribution in [2.45, 2.75) is 260 Å². The van der Waals surface area contributed by atoms with Crippen molar-refractivity contribution in [3.05, 3.63) is 143 Å². The Kier molecular flexibility index (Phi) is 32.0. The Hall–Kier alpha value is -11.5. The van der Waals surface area contributed by atoms with Gasteiger partial charge in [0.1, 0.15) is 72.3 Å². The average molecular weight is 1830 g/mol. The normalized spacial score (nSPS) is 29.2. The number of hydrogen-bond donors (Lipinski definition) is 9. The summed E-state index contributed by atoms with van der Waals surface area (Å²) in [6.45, 7) is 32.8. The van der Waals surface area contributed by atoms with E-state index < -0.39 is 130 Å². The lowest BCUT2D eigenvalue weighted by Gasteiger charge is -2.40. The Bertz CT molecular complexity index is 5450. The van der Waals surface area contributed by atoms with Gasteiger partial charge < -0.3 is 55.7 Å². The number of cyclic esters (lactones) is 2. The molecule has 10 amide bonds. The molecule has 1 saturated carbocycles. The molecule has 6 aromatic rings. The summed E-state index contributed by atoms with van der Waals surface area (Å²) in [5, 5.41) is 24.0. The molecule has 32 nitrogen and oxygen atoms in total. The Labute approximate surface area is 777 Å². The molecule has 7 aliphatic heterocycles. The van der Waals surface area contributed by atoms with Crippen molar-refractivity contribution < 1.29 is 80.9 Å². The van der Waals surface area contributed by atoms with Gasteiger partial charge in [0.05, 0.1) is 82.3 Å². The summed E-state index contributed by atoms with van der Waals surface area (Å²) in [4.78, 5) is 178. The quantitative estimate of drug-likeness (QED) is 0.0671. The van der Waals surface area contributed by atoms with Crippen LogP contribution in [0.15, 0.2) is 109 Å². The minimum Gasteiger partial charge on any atom is -0.455 e. The Morgan fingerprint density at radius 2 is 0.812 bits per heavy atom. The number of alkyl halides is 1. The second-order valence-electron chi connectivity index (χ2n) is 39.7. The Morgan fingerprint density at radius 3 is 1.23 bits per heavy atom. The van der Waals surface area contributed by atoms with Crippen LogP contribution in [0.4, 0.5) is 4.39 Å². The molecular weight excluding hydrogens is 1700 g/mol. The molecule has 9 N–H and O–H groups in total. The molecule has 1 aliphatic carbocycles. The maximum atomic E-state index is 15.0. The Morgan fingerprint density at radius 1 is 0.444 bits per heavy atom. The number of pyridine rings is 3. The van der Waals surface area contributed by atoms with E-state index in [4.69, 9.17) is 33.9 Å². The zero-order valence-electron chi connectivity index (χ0n) is 79.8. The van der Waals surface area contributed by atoms with Gasteiger partial charge in [-0.3, -0.25) is 77.5 Å². The van der Waals surface area contributed by atoms with E-state index in [0.717, 1.165) is 49.6 Å². The van der Waals surface area contributed by atoms with Crippen LogP contribution >= 0.6 is 0 Å². The predicted molar refractivity (Wildman–Crippen MR) is 501 cm³/mol. The number of amides is 10. The predicted octanol–water partition coefficient (Wildman–Crippen LogP) is 10.3. The van der Waals surface area contributed by atoms with Crippen molar-refractivity contribution in [1.29, 1.82) is 0 Å². The van der Waals surface area contributed by atoms with Crippen LogP contribution in [0.2, 0.25) is 0 Å². The number of aromatic nitrogens is 3. The fourth-order valence-electron chi connectivity index (χ4n) is 17.1. The second-order valence-corrected chi connectivity index (χ2v) is 39.7. The molecule has 12 atom stereocenters. The lowest BCUT2D eigenvalue weighted by molar-refractivity contribution is -0.159. The van der Waals surface area contributed by atoms with Crippen LogP contribution in [0.1, 0.15) is 234 Å². The number of likely N-dealkylation sites (N-methyl/N-ethyl adjacent to an activating group) is 1. The van der Waals surface area contributed by atoms with E-state index in [1.807, 2.05) is 177 Å². The first-order valence-electron chi connectivity index (χ1n) is 46.7. The minimum absolute atomic E-state index is 0.0931. The first kappa shape index (κ1) is 100. The molecule has 716 valence electrons. The van der Waals surface area contributed by atoms with Crippen LogP contribution in [-0.4, -0.2) is 219 Å². The molecule has 1 spiro atoms. The largest absolute Gasteiger partial charge is 0.455 e. The van der Waals surface area contributed by atoms with Crippen molar-refractivity contribution in [2.24, 2.45) is 39.4 Å². The number of nitrogens with one attached hydrogen (secondary N) is 9. The molecule has 5 fully saturated rings. The van der Waals surface area contributed by atoms with E-state index in [9.17, 15) is 61.9 Å². The molecule has 0 unspecified atom stereocenters. The van der Waals surface area contributed by atoms with Crippen LogP contribution < -0.4 is 48.2 Å². The third-order valence-corrected chi connectivity index (χ3v) is 26.4. The highest BCUT2D eigenvalue weighted by Gasteiger charge is 2.47. The van der Waals surface area contributed by atoms with E-state index in [2.05, 4.69) is 48.2 Å². The maximum Gasteiger partial charge on any atom is 0.325 e. The first-order valence-corrected chi connectivity index (χ1v) is 46.7. The van der Waals surface area contributed by atoms with Crippen molar-refractivity contribution in [1.82, 2.24) is 83.1 Å². The number of ether oxygens (including phenoxy) is 4. The van der Waals surface area contributed by atoms with E-state index in [1.165, 1.54) is 15.0 Å². The summed E-state index contributed by atoms with van der Waals surface area (Å²) in [5.41, 5.74) is 11.3. The molecule has 3 aromatic carbocycles. The van der Waals surface area contributed by atoms with Gasteiger partial charge in [-0.2, -0.15) is 0 Å². The topological polar surface area (TPSA) is 402 Å². The number of carbonyl (C=O) groups excluding carboxylic acids is 12. The molecule has 33 heteroatoms. The zero-order valence-corrected chi connectivity index (χ0v) is 79.8. The van der Waals surface area contributed by atoms with Gasteiger partial charge in [0.25, 0.3) is 17.7 Å². The van der Waals surface area contributed by atoms with Gasteiger partial charge in [-0.15, -0.1) is 0 Å². The molecule has 133 heavy (non-hydrogen) atoms. The van der Waals surface area contributed by atoms with Crippen molar-refractivity contribution >= 4 is 122 Å². The third-order valence-electron chi connectivity index (χ3n) is 26.4. The van der Waals surface area contributed by atoms with Crippen LogP contribution in [0.25, 0.3) is 50.9 Å². The van der Waals surface area contributed by atoms with Gasteiger partial charge in [0.15, 0.2) is 0 Å². The van der Waals surface area contributed by atoms with Crippen LogP contribution in [0.3, 0.4) is 0 Å². The standard InChI is InChI=1S/C35H47N5O7.C34H44FN5O5.C31H42N6O4/c1-21(2)29-30(41)37-28(17-45-18-35(6)19-46-20-35)31(42)40-15-7-8-26(39-40)32(43)47-22(3)25-12-11-24-10-9-23(16-27(24)36-25)13-14-34(4,5)33(44)38-29;1-20(2)28-29(41)36-21(3)30(42)40-18-6-7-26(39-40)31(43)45-22(4)25-11-10-24-9-8-23(19-27(24)37-25)12-13-34(32(44)38-28)16-14-33(5,35)15-17-34;1-18(2)26-27(38)32-19(3)28(39)37-16-8-9-24(35-37)29(40)36(7)20(4)23-13-12-22-11-10-21(17-25(22)33-23)14-15-31(5,6)30(41)34-26/h9-14,16,21-22,26,28-29,39H,7-8,15,17-20H2,1-6H3,(H,37,41)(H,38,44);8-13,19-22,26,28,39H,6-7,14-18H2,1-5H3,(H,36,41)(H,38,44);10-15,17-20,24,26,35H,8-9,16H2,1-7H3,(H,32,38)(H,34,41)/b14-13+;13-12+;15-14+/t22-,26+,28+,29+;21-,22+,26-,28-,33?,34?;19-,20+,24-,26-/m100/s1. The smallest absolute Gasteiger partial charge is 0.325 e. The van der Waals surface area contributed by atoms with Crippen LogP contribution in [0.5, 0.6) is 0 Å². The van der Waals surface area contributed by atoms with Crippen LogP contribution in [-0.2, 0) is 76.5 Å². The van der Waals surface area contributed by atoms with E-state index in [0.29, 0.717) is 94.9 Å². The van der Waals surface area contributed by atoms with Crippen LogP contribution in [0, 0.1) is 39.4 Å². The fourth-order valence-corrected chi connectivity index (χ4v) is 17.1. The summed E-state index contributed by atoms with van der Waals surface area (Å²) in [6, 6.07) is 20.9. The molecule has 15 bridgehead atoms. The second kappa shape index (κ2) is 42.4. The number of hydrogen-bond acceptors (Lipinski definition) is 22. The highest BCUT2D eigenvalue weighted by molar-refractivity contribution is 5.98. The Balaban J connectivity index is 0.000000180. The van der Waals surface area contributed by atoms with Gasteiger partial charge >= 0.3 is 11.9 Å². The molecule has 3 aromatic heterocycles. The number of benzene rings is 3. The fraction of sp³-hybridized carbons (Fsp3) is 0.550. The van der Waals surface area contributed by atoms with E-state index >= 15 is 0 Å². The summed E-state index contributed by atoms with van der Waals surface area (Å²) in [6.07, 6.45) is 14.0. The minimum atomic E-state index is -1.38. The monoisotopic (exact) mass is 1830 g/mol.